The van der Waals surface area contributed by atoms with Crippen LogP contribution in [-0.2, 0) is 0 Å². The predicted octanol–water partition coefficient (Wildman–Crippen LogP) is 4.19. The highest BCUT2D eigenvalue weighted by Gasteiger charge is 2.15. The van der Waals surface area contributed by atoms with Crippen LogP contribution in [0.2, 0.25) is 0 Å². The number of anilines is 2. The topological polar surface area (TPSA) is 77.8 Å². The van der Waals surface area contributed by atoms with Crippen LogP contribution in [0.25, 0.3) is 32.5 Å². The predicted molar refractivity (Wildman–Crippen MR) is 97.1 cm³/mol. The standard InChI is InChI=1S/C18H14N4S/c19-12-6-4-11(5-7-12)14-10-23-17-13(9-22-18(20)16(14)17)15-3-1-2-8-21-15/h1-10H,19H2,(H2,20,22). The minimum atomic E-state index is 0.535. The lowest BCUT2D eigenvalue weighted by molar-refractivity contribution is 1.31. The van der Waals surface area contributed by atoms with Crippen LogP contribution in [0.4, 0.5) is 11.5 Å². The Hall–Kier alpha value is -2.92. The van der Waals surface area contributed by atoms with Crippen molar-refractivity contribution >= 4 is 32.9 Å². The summed E-state index contributed by atoms with van der Waals surface area (Å²) in [6.45, 7) is 0. The molecule has 4 nitrogen and oxygen atoms in total. The van der Waals surface area contributed by atoms with Crippen LogP contribution in [0.1, 0.15) is 0 Å². The number of hydrogen-bond donors (Lipinski definition) is 2. The van der Waals surface area contributed by atoms with Crippen molar-refractivity contribution in [1.82, 2.24) is 9.97 Å². The van der Waals surface area contributed by atoms with Crippen molar-refractivity contribution in [2.24, 2.45) is 0 Å². The van der Waals surface area contributed by atoms with Crippen LogP contribution in [0.3, 0.4) is 0 Å². The molecule has 0 saturated carbocycles. The van der Waals surface area contributed by atoms with E-state index < -0.39 is 0 Å². The van der Waals surface area contributed by atoms with Crippen LogP contribution in [-0.4, -0.2) is 9.97 Å². The molecule has 0 atom stereocenters. The summed E-state index contributed by atoms with van der Waals surface area (Å²) in [5.41, 5.74) is 16.7. The highest BCUT2D eigenvalue weighted by molar-refractivity contribution is 7.18. The first-order valence-electron chi connectivity index (χ1n) is 7.17. The molecule has 0 aliphatic carbocycles. The second-order valence-electron chi connectivity index (χ2n) is 5.25. The van der Waals surface area contributed by atoms with Gasteiger partial charge >= 0.3 is 0 Å². The van der Waals surface area contributed by atoms with E-state index in [0.717, 1.165) is 38.2 Å². The Bertz CT molecular complexity index is 975. The Morgan fingerprint density at radius 1 is 0.870 bits per heavy atom. The van der Waals surface area contributed by atoms with Gasteiger partial charge in [0.05, 0.1) is 5.69 Å². The summed E-state index contributed by atoms with van der Waals surface area (Å²) in [6, 6.07) is 13.7. The van der Waals surface area contributed by atoms with Gasteiger partial charge in [0, 0.05) is 39.3 Å². The van der Waals surface area contributed by atoms with Gasteiger partial charge in [-0.25, -0.2) is 4.98 Å². The van der Waals surface area contributed by atoms with Crippen LogP contribution in [0, 0.1) is 0 Å². The third kappa shape index (κ3) is 2.31. The number of fused-ring (bicyclic) bond motifs is 1. The van der Waals surface area contributed by atoms with E-state index in [1.54, 1.807) is 23.7 Å². The molecule has 4 N–H and O–H groups in total. The third-order valence-electron chi connectivity index (χ3n) is 3.79. The maximum Gasteiger partial charge on any atom is 0.132 e. The number of aromatic nitrogens is 2. The van der Waals surface area contributed by atoms with E-state index in [4.69, 9.17) is 11.5 Å². The molecule has 0 radical (unpaired) electrons. The van der Waals surface area contributed by atoms with Crippen molar-refractivity contribution in [3.05, 3.63) is 60.2 Å². The fourth-order valence-electron chi connectivity index (χ4n) is 2.65. The van der Waals surface area contributed by atoms with E-state index in [9.17, 15) is 0 Å². The number of nitrogen functional groups attached to an aromatic ring is 2. The summed E-state index contributed by atoms with van der Waals surface area (Å²) in [5, 5.41) is 3.09. The molecule has 3 aromatic heterocycles. The van der Waals surface area contributed by atoms with Crippen molar-refractivity contribution in [1.29, 1.82) is 0 Å². The molecule has 0 fully saturated rings. The van der Waals surface area contributed by atoms with E-state index in [2.05, 4.69) is 15.3 Å². The first-order valence-corrected chi connectivity index (χ1v) is 8.05. The van der Waals surface area contributed by atoms with Crippen molar-refractivity contribution in [3.8, 4) is 22.4 Å². The fraction of sp³-hybridized carbons (Fsp3) is 0. The second-order valence-corrected chi connectivity index (χ2v) is 6.13. The lowest BCUT2D eigenvalue weighted by Crippen LogP contribution is -1.93. The van der Waals surface area contributed by atoms with Gasteiger partial charge in [-0.3, -0.25) is 4.98 Å². The van der Waals surface area contributed by atoms with Crippen LogP contribution in [0.15, 0.2) is 60.2 Å². The molecule has 4 rings (SSSR count). The first-order chi connectivity index (χ1) is 11.2. The summed E-state index contributed by atoms with van der Waals surface area (Å²) in [6.07, 6.45) is 3.58. The van der Waals surface area contributed by atoms with Gasteiger partial charge in [0.2, 0.25) is 0 Å². The minimum Gasteiger partial charge on any atom is -0.399 e. The molecule has 5 heteroatoms. The molecule has 0 spiro atoms. The van der Waals surface area contributed by atoms with E-state index in [1.165, 1.54) is 0 Å². The smallest absolute Gasteiger partial charge is 0.132 e. The molecular weight excluding hydrogens is 304 g/mol. The average Bonchev–Trinajstić information content (AvgIpc) is 3.03. The molecular formula is C18H14N4S. The zero-order valence-electron chi connectivity index (χ0n) is 12.2. The van der Waals surface area contributed by atoms with Gasteiger partial charge in [-0.15, -0.1) is 11.3 Å². The van der Waals surface area contributed by atoms with E-state index in [-0.39, 0.29) is 0 Å². The van der Waals surface area contributed by atoms with Gasteiger partial charge in [0.25, 0.3) is 0 Å². The number of benzene rings is 1. The molecule has 0 aliphatic heterocycles. The van der Waals surface area contributed by atoms with Crippen molar-refractivity contribution in [2.75, 3.05) is 11.5 Å². The van der Waals surface area contributed by atoms with Gasteiger partial charge < -0.3 is 11.5 Å². The van der Waals surface area contributed by atoms with E-state index in [0.29, 0.717) is 5.82 Å². The largest absolute Gasteiger partial charge is 0.399 e. The van der Waals surface area contributed by atoms with Crippen LogP contribution < -0.4 is 11.5 Å². The second kappa shape index (κ2) is 5.37. The molecule has 3 heterocycles. The zero-order chi connectivity index (χ0) is 15.8. The van der Waals surface area contributed by atoms with Crippen LogP contribution >= 0.6 is 11.3 Å². The van der Waals surface area contributed by atoms with Gasteiger partial charge in [-0.1, -0.05) is 18.2 Å². The van der Waals surface area contributed by atoms with Crippen molar-refractivity contribution in [3.63, 3.8) is 0 Å². The maximum absolute atomic E-state index is 6.17. The molecule has 0 bridgehead atoms. The number of hydrogen-bond acceptors (Lipinski definition) is 5. The lowest BCUT2D eigenvalue weighted by atomic mass is 10.0. The molecule has 0 unspecified atom stereocenters. The van der Waals surface area contributed by atoms with Gasteiger partial charge in [-0.2, -0.15) is 0 Å². The van der Waals surface area contributed by atoms with Gasteiger partial charge in [-0.05, 0) is 35.2 Å². The third-order valence-corrected chi connectivity index (χ3v) is 4.80. The first kappa shape index (κ1) is 13.7. The Morgan fingerprint density at radius 3 is 2.43 bits per heavy atom. The Balaban J connectivity index is 1.97. The molecule has 23 heavy (non-hydrogen) atoms. The molecule has 1 aromatic carbocycles. The number of pyridine rings is 2. The van der Waals surface area contributed by atoms with Crippen molar-refractivity contribution < 1.29 is 0 Å². The molecule has 112 valence electrons. The Labute approximate surface area is 137 Å². The minimum absolute atomic E-state index is 0.535. The molecule has 0 saturated heterocycles. The number of nitrogens with two attached hydrogens (primary N) is 2. The summed E-state index contributed by atoms with van der Waals surface area (Å²) in [5.74, 6) is 0.535. The lowest BCUT2D eigenvalue weighted by Gasteiger charge is -2.06. The van der Waals surface area contributed by atoms with Gasteiger partial charge in [0.1, 0.15) is 5.82 Å². The van der Waals surface area contributed by atoms with E-state index >= 15 is 0 Å². The Kier molecular flexibility index (Phi) is 3.20. The highest BCUT2D eigenvalue weighted by Crippen LogP contribution is 2.41. The molecule has 4 aromatic rings. The summed E-state index contributed by atoms with van der Waals surface area (Å²) in [4.78, 5) is 8.81. The van der Waals surface area contributed by atoms with E-state index in [1.807, 2.05) is 42.5 Å². The zero-order valence-corrected chi connectivity index (χ0v) is 13.0. The molecule has 0 aliphatic rings. The van der Waals surface area contributed by atoms with Gasteiger partial charge in [0.15, 0.2) is 0 Å². The highest BCUT2D eigenvalue weighted by atomic mass is 32.1. The van der Waals surface area contributed by atoms with Crippen LogP contribution in [0.5, 0.6) is 0 Å². The summed E-state index contributed by atoms with van der Waals surface area (Å²) >= 11 is 1.66. The number of thiophene rings is 1. The monoisotopic (exact) mass is 318 g/mol. The summed E-state index contributed by atoms with van der Waals surface area (Å²) in [7, 11) is 0. The summed E-state index contributed by atoms with van der Waals surface area (Å²) < 4.78 is 1.10. The maximum atomic E-state index is 6.17. The Morgan fingerprint density at radius 2 is 1.70 bits per heavy atom. The average molecular weight is 318 g/mol. The number of rotatable bonds is 2. The van der Waals surface area contributed by atoms with Crippen molar-refractivity contribution in [2.45, 2.75) is 0 Å². The fourth-order valence-corrected chi connectivity index (χ4v) is 3.75. The number of nitrogens with zero attached hydrogens (tertiary/aromatic N) is 2. The SMILES string of the molecule is Nc1ccc(-c2csc3c(-c4ccccn4)cnc(N)c23)cc1. The normalized spacial score (nSPS) is 11.0. The molecule has 0 amide bonds. The quantitative estimate of drug-likeness (QED) is 0.543.